The van der Waals surface area contributed by atoms with Gasteiger partial charge in [-0.25, -0.2) is 0 Å². The van der Waals surface area contributed by atoms with Crippen LogP contribution in [-0.2, 0) is 16.9 Å². The zero-order chi connectivity index (χ0) is 12.8. The number of benzene rings is 2. The Hall–Kier alpha value is -1.12. The van der Waals surface area contributed by atoms with E-state index in [1.54, 1.807) is 0 Å². The molecular weight excluding hydrogens is 288 g/mol. The molecular formula is C16H17BrO. The predicted molar refractivity (Wildman–Crippen MR) is 78.8 cm³/mol. The van der Waals surface area contributed by atoms with E-state index >= 15 is 0 Å². The first-order chi connectivity index (χ1) is 8.74. The average molecular weight is 305 g/mol. The van der Waals surface area contributed by atoms with Crippen LogP contribution in [0.5, 0.6) is 0 Å². The van der Waals surface area contributed by atoms with Crippen molar-refractivity contribution in [3.63, 3.8) is 0 Å². The van der Waals surface area contributed by atoms with Crippen molar-refractivity contribution in [3.8, 4) is 0 Å². The predicted octanol–water partition coefficient (Wildman–Crippen LogP) is 4.51. The maximum atomic E-state index is 6.10. The van der Waals surface area contributed by atoms with E-state index in [2.05, 4.69) is 47.1 Å². The minimum absolute atomic E-state index is 0.295. The number of hydrogen-bond acceptors (Lipinski definition) is 1. The second kappa shape index (κ2) is 6.17. The highest BCUT2D eigenvalue weighted by molar-refractivity contribution is 9.09. The molecule has 0 fully saturated rings. The Morgan fingerprint density at radius 1 is 0.944 bits per heavy atom. The van der Waals surface area contributed by atoms with Crippen LogP contribution in [0.1, 0.15) is 18.1 Å². The van der Waals surface area contributed by atoms with Crippen molar-refractivity contribution in [1.29, 1.82) is 0 Å². The van der Waals surface area contributed by atoms with E-state index in [1.807, 2.05) is 36.4 Å². The highest BCUT2D eigenvalue weighted by Crippen LogP contribution is 2.28. The van der Waals surface area contributed by atoms with Gasteiger partial charge < -0.3 is 4.74 Å². The van der Waals surface area contributed by atoms with Crippen molar-refractivity contribution in [2.45, 2.75) is 19.1 Å². The standard InChI is InChI=1S/C16H17BrO/c1-16(13-17,15-10-6-3-7-11-15)18-12-14-8-4-2-5-9-14/h2-11H,12-13H2,1H3. The molecule has 2 heteroatoms. The molecule has 0 saturated carbocycles. The zero-order valence-electron chi connectivity index (χ0n) is 10.5. The molecule has 0 heterocycles. The second-order valence-corrected chi connectivity index (χ2v) is 5.07. The number of alkyl halides is 1. The highest BCUT2D eigenvalue weighted by Gasteiger charge is 2.25. The first-order valence-electron chi connectivity index (χ1n) is 6.04. The van der Waals surface area contributed by atoms with Gasteiger partial charge in [0.1, 0.15) is 5.60 Å². The summed E-state index contributed by atoms with van der Waals surface area (Å²) in [5, 5.41) is 0.775. The smallest absolute Gasteiger partial charge is 0.100 e. The Morgan fingerprint density at radius 3 is 2.06 bits per heavy atom. The minimum Gasteiger partial charge on any atom is -0.365 e. The van der Waals surface area contributed by atoms with Crippen LogP contribution in [0.25, 0.3) is 0 Å². The van der Waals surface area contributed by atoms with Gasteiger partial charge in [-0.15, -0.1) is 0 Å². The molecule has 1 unspecified atom stereocenters. The van der Waals surface area contributed by atoms with Crippen molar-refractivity contribution in [3.05, 3.63) is 71.8 Å². The fraction of sp³-hybridized carbons (Fsp3) is 0.250. The quantitative estimate of drug-likeness (QED) is 0.738. The van der Waals surface area contributed by atoms with Gasteiger partial charge in [-0.05, 0) is 18.1 Å². The lowest BCUT2D eigenvalue weighted by molar-refractivity contribution is -0.0289. The molecule has 1 atom stereocenters. The summed E-state index contributed by atoms with van der Waals surface area (Å²) >= 11 is 3.56. The second-order valence-electron chi connectivity index (χ2n) is 4.50. The zero-order valence-corrected chi connectivity index (χ0v) is 12.1. The molecule has 0 aliphatic carbocycles. The van der Waals surface area contributed by atoms with Crippen molar-refractivity contribution < 1.29 is 4.74 Å². The lowest BCUT2D eigenvalue weighted by Crippen LogP contribution is -2.27. The largest absolute Gasteiger partial charge is 0.365 e. The molecule has 2 aromatic carbocycles. The monoisotopic (exact) mass is 304 g/mol. The van der Waals surface area contributed by atoms with Gasteiger partial charge in [0.2, 0.25) is 0 Å². The van der Waals surface area contributed by atoms with Crippen LogP contribution in [0.4, 0.5) is 0 Å². The number of rotatable bonds is 5. The van der Waals surface area contributed by atoms with Gasteiger partial charge in [0.25, 0.3) is 0 Å². The molecule has 0 amide bonds. The Labute approximate surface area is 117 Å². The summed E-state index contributed by atoms with van der Waals surface area (Å²) < 4.78 is 6.10. The molecule has 0 aromatic heterocycles. The van der Waals surface area contributed by atoms with Crippen molar-refractivity contribution in [1.82, 2.24) is 0 Å². The summed E-state index contributed by atoms with van der Waals surface area (Å²) in [4.78, 5) is 0. The third-order valence-corrected chi connectivity index (χ3v) is 4.11. The van der Waals surface area contributed by atoms with Gasteiger partial charge in [0.05, 0.1) is 6.61 Å². The lowest BCUT2D eigenvalue weighted by Gasteiger charge is -2.28. The molecule has 1 nitrogen and oxygen atoms in total. The van der Waals surface area contributed by atoms with Gasteiger partial charge in [-0.3, -0.25) is 0 Å². The van der Waals surface area contributed by atoms with Crippen LogP contribution in [0.3, 0.4) is 0 Å². The average Bonchev–Trinajstić information content (AvgIpc) is 2.47. The summed E-state index contributed by atoms with van der Waals surface area (Å²) in [6.45, 7) is 2.73. The van der Waals surface area contributed by atoms with Gasteiger partial charge >= 0.3 is 0 Å². The summed E-state index contributed by atoms with van der Waals surface area (Å²) in [6, 6.07) is 20.6. The van der Waals surface area contributed by atoms with Gasteiger partial charge in [-0.2, -0.15) is 0 Å². The molecule has 0 saturated heterocycles. The van der Waals surface area contributed by atoms with E-state index < -0.39 is 0 Å². The molecule has 2 rings (SSSR count). The van der Waals surface area contributed by atoms with E-state index in [0.29, 0.717) is 6.61 Å². The maximum Gasteiger partial charge on any atom is 0.100 e. The lowest BCUT2D eigenvalue weighted by atomic mass is 9.98. The Kier molecular flexibility index (Phi) is 4.56. The van der Waals surface area contributed by atoms with E-state index in [4.69, 9.17) is 4.74 Å². The van der Waals surface area contributed by atoms with Crippen LogP contribution in [-0.4, -0.2) is 5.33 Å². The Balaban J connectivity index is 2.10. The third kappa shape index (κ3) is 3.21. The molecule has 18 heavy (non-hydrogen) atoms. The summed E-state index contributed by atoms with van der Waals surface area (Å²) in [5.74, 6) is 0. The maximum absolute atomic E-state index is 6.10. The fourth-order valence-electron chi connectivity index (χ4n) is 1.81. The molecule has 0 radical (unpaired) electrons. The Bertz CT molecular complexity index is 469. The summed E-state index contributed by atoms with van der Waals surface area (Å²) in [7, 11) is 0. The molecule has 2 aromatic rings. The number of halogens is 1. The van der Waals surface area contributed by atoms with E-state index in [1.165, 1.54) is 11.1 Å². The highest BCUT2D eigenvalue weighted by atomic mass is 79.9. The van der Waals surface area contributed by atoms with Crippen LogP contribution < -0.4 is 0 Å². The molecule has 0 spiro atoms. The third-order valence-electron chi connectivity index (χ3n) is 3.04. The van der Waals surface area contributed by atoms with Crippen LogP contribution in [0.2, 0.25) is 0 Å². The Morgan fingerprint density at radius 2 is 1.50 bits per heavy atom. The summed E-state index contributed by atoms with van der Waals surface area (Å²) in [6.07, 6.45) is 0. The summed E-state index contributed by atoms with van der Waals surface area (Å²) in [5.41, 5.74) is 2.09. The van der Waals surface area contributed by atoms with Gasteiger partial charge in [0.15, 0.2) is 0 Å². The van der Waals surface area contributed by atoms with Crippen LogP contribution >= 0.6 is 15.9 Å². The first kappa shape index (κ1) is 13.3. The van der Waals surface area contributed by atoms with E-state index in [0.717, 1.165) is 5.33 Å². The normalized spacial score (nSPS) is 14.1. The van der Waals surface area contributed by atoms with E-state index in [9.17, 15) is 0 Å². The SMILES string of the molecule is CC(CBr)(OCc1ccccc1)c1ccccc1. The van der Waals surface area contributed by atoms with Crippen molar-refractivity contribution >= 4 is 15.9 Å². The number of ether oxygens (including phenoxy) is 1. The van der Waals surface area contributed by atoms with E-state index in [-0.39, 0.29) is 5.60 Å². The van der Waals surface area contributed by atoms with Crippen LogP contribution in [0.15, 0.2) is 60.7 Å². The van der Waals surface area contributed by atoms with Gasteiger partial charge in [-0.1, -0.05) is 76.6 Å². The van der Waals surface area contributed by atoms with Crippen molar-refractivity contribution in [2.75, 3.05) is 5.33 Å². The first-order valence-corrected chi connectivity index (χ1v) is 7.16. The molecule has 0 bridgehead atoms. The van der Waals surface area contributed by atoms with Crippen molar-refractivity contribution in [2.24, 2.45) is 0 Å². The minimum atomic E-state index is -0.295. The molecule has 0 N–H and O–H groups in total. The number of hydrogen-bond donors (Lipinski definition) is 0. The van der Waals surface area contributed by atoms with Crippen LogP contribution in [0, 0.1) is 0 Å². The van der Waals surface area contributed by atoms with Gasteiger partial charge in [0, 0.05) is 5.33 Å². The molecule has 0 aliphatic rings. The molecule has 94 valence electrons. The molecule has 0 aliphatic heterocycles. The topological polar surface area (TPSA) is 9.23 Å². The fourth-order valence-corrected chi connectivity index (χ4v) is 2.29.